The first-order valence-corrected chi connectivity index (χ1v) is 8.87. The van der Waals surface area contributed by atoms with E-state index in [0.717, 1.165) is 36.0 Å². The minimum Gasteiger partial charge on any atom is -0.352 e. The first-order chi connectivity index (χ1) is 12.2. The maximum Gasteiger partial charge on any atom is 0.174 e. The third kappa shape index (κ3) is 3.27. The molecule has 1 atom stereocenters. The monoisotopic (exact) mass is 333 g/mol. The normalized spacial score (nSPS) is 17.2. The zero-order valence-electron chi connectivity index (χ0n) is 14.8. The summed E-state index contributed by atoms with van der Waals surface area (Å²) in [6.45, 7) is 5.08. The van der Waals surface area contributed by atoms with E-state index < -0.39 is 0 Å². The van der Waals surface area contributed by atoms with Gasteiger partial charge in [0.25, 0.3) is 0 Å². The fourth-order valence-electron chi connectivity index (χ4n) is 3.68. The smallest absolute Gasteiger partial charge is 0.174 e. The van der Waals surface area contributed by atoms with Crippen molar-refractivity contribution in [2.75, 3.05) is 11.4 Å². The van der Waals surface area contributed by atoms with Crippen molar-refractivity contribution in [3.8, 4) is 5.82 Å². The lowest BCUT2D eigenvalue weighted by atomic mass is 10.0. The van der Waals surface area contributed by atoms with E-state index in [1.54, 1.807) is 6.20 Å². The van der Waals surface area contributed by atoms with Crippen LogP contribution in [0.3, 0.4) is 0 Å². The third-order valence-electron chi connectivity index (χ3n) is 4.82. The Hall–Kier alpha value is -2.69. The number of benzene rings is 1. The van der Waals surface area contributed by atoms with Gasteiger partial charge in [0.15, 0.2) is 5.82 Å². The van der Waals surface area contributed by atoms with Gasteiger partial charge in [-0.1, -0.05) is 30.3 Å². The van der Waals surface area contributed by atoms with Crippen LogP contribution in [0.25, 0.3) is 5.82 Å². The van der Waals surface area contributed by atoms with E-state index in [0.29, 0.717) is 6.04 Å². The summed E-state index contributed by atoms with van der Waals surface area (Å²) in [6, 6.07) is 13.2. The lowest BCUT2D eigenvalue weighted by Crippen LogP contribution is -2.32. The van der Waals surface area contributed by atoms with E-state index >= 15 is 0 Å². The van der Waals surface area contributed by atoms with Gasteiger partial charge in [0.05, 0.1) is 18.1 Å². The van der Waals surface area contributed by atoms with Crippen molar-refractivity contribution in [2.45, 2.75) is 39.2 Å². The summed E-state index contributed by atoms with van der Waals surface area (Å²) in [5, 5.41) is 4.53. The lowest BCUT2D eigenvalue weighted by molar-refractivity contribution is 0.654. The summed E-state index contributed by atoms with van der Waals surface area (Å²) < 4.78 is 1.87. The number of nitrogens with zero attached hydrogens (tertiary/aromatic N) is 5. The highest BCUT2D eigenvalue weighted by atomic mass is 15.3. The van der Waals surface area contributed by atoms with Gasteiger partial charge in [-0.2, -0.15) is 5.10 Å². The Morgan fingerprint density at radius 1 is 1.08 bits per heavy atom. The van der Waals surface area contributed by atoms with Crippen molar-refractivity contribution in [1.82, 2.24) is 19.7 Å². The number of hydrogen-bond acceptors (Lipinski definition) is 4. The average molecular weight is 333 g/mol. The van der Waals surface area contributed by atoms with Crippen molar-refractivity contribution < 1.29 is 0 Å². The van der Waals surface area contributed by atoms with Gasteiger partial charge in [-0.25, -0.2) is 9.67 Å². The van der Waals surface area contributed by atoms with Gasteiger partial charge in [0, 0.05) is 18.3 Å². The highest BCUT2D eigenvalue weighted by Gasteiger charge is 2.26. The average Bonchev–Trinajstić information content (AvgIpc) is 3.22. The fourth-order valence-corrected chi connectivity index (χ4v) is 3.68. The van der Waals surface area contributed by atoms with Gasteiger partial charge in [0.1, 0.15) is 5.82 Å². The maximum absolute atomic E-state index is 4.85. The molecular weight excluding hydrogens is 310 g/mol. The van der Waals surface area contributed by atoms with E-state index in [9.17, 15) is 0 Å². The number of hydrogen-bond donors (Lipinski definition) is 0. The van der Waals surface area contributed by atoms with Crippen molar-refractivity contribution in [1.29, 1.82) is 0 Å². The SMILES string of the molecule is Cc1cc(C)n(-c2cncc(N3CCCC3Cc3ccccc3)n2)n1. The number of anilines is 1. The topological polar surface area (TPSA) is 46.8 Å². The molecule has 0 bridgehead atoms. The standard InChI is InChI=1S/C20H23N5/c1-15-11-16(2)25(23-15)20-14-21-13-19(22-20)24-10-6-9-18(24)12-17-7-4-3-5-8-17/h3-5,7-8,11,13-14,18H,6,9-10,12H2,1-2H3. The second-order valence-electron chi connectivity index (χ2n) is 6.75. The second-order valence-corrected chi connectivity index (χ2v) is 6.75. The van der Waals surface area contributed by atoms with Crippen LogP contribution in [0.15, 0.2) is 48.8 Å². The van der Waals surface area contributed by atoms with E-state index in [4.69, 9.17) is 4.98 Å². The minimum absolute atomic E-state index is 0.479. The Labute approximate surface area is 148 Å². The number of rotatable bonds is 4. The molecule has 25 heavy (non-hydrogen) atoms. The van der Waals surface area contributed by atoms with Gasteiger partial charge in [0.2, 0.25) is 0 Å². The summed E-state index contributed by atoms with van der Waals surface area (Å²) in [7, 11) is 0. The summed E-state index contributed by atoms with van der Waals surface area (Å²) in [5.41, 5.74) is 3.45. The molecule has 0 N–H and O–H groups in total. The third-order valence-corrected chi connectivity index (χ3v) is 4.82. The van der Waals surface area contributed by atoms with E-state index in [1.807, 2.05) is 24.7 Å². The van der Waals surface area contributed by atoms with Crippen LogP contribution in [0.1, 0.15) is 29.8 Å². The Balaban J connectivity index is 1.60. The van der Waals surface area contributed by atoms with Crippen LogP contribution in [0.4, 0.5) is 5.82 Å². The van der Waals surface area contributed by atoms with Crippen molar-refractivity contribution in [2.24, 2.45) is 0 Å². The van der Waals surface area contributed by atoms with Crippen LogP contribution < -0.4 is 4.90 Å². The zero-order valence-corrected chi connectivity index (χ0v) is 14.8. The first kappa shape index (κ1) is 15.8. The predicted molar refractivity (Wildman–Crippen MR) is 99.1 cm³/mol. The van der Waals surface area contributed by atoms with Crippen LogP contribution in [0.2, 0.25) is 0 Å². The highest BCUT2D eigenvalue weighted by Crippen LogP contribution is 2.26. The Kier molecular flexibility index (Phi) is 4.22. The van der Waals surface area contributed by atoms with Crippen LogP contribution in [-0.2, 0) is 6.42 Å². The quantitative estimate of drug-likeness (QED) is 0.733. The Morgan fingerprint density at radius 2 is 1.88 bits per heavy atom. The molecule has 1 fully saturated rings. The molecule has 0 aliphatic carbocycles. The van der Waals surface area contributed by atoms with Gasteiger partial charge < -0.3 is 4.90 Å². The maximum atomic E-state index is 4.85. The largest absolute Gasteiger partial charge is 0.352 e. The number of aryl methyl sites for hydroxylation is 2. The number of aromatic nitrogens is 4. The highest BCUT2D eigenvalue weighted by molar-refractivity contribution is 5.43. The molecule has 4 rings (SSSR count). The molecule has 1 unspecified atom stereocenters. The Morgan fingerprint density at radius 3 is 2.64 bits per heavy atom. The lowest BCUT2D eigenvalue weighted by Gasteiger charge is -2.26. The summed E-state index contributed by atoms with van der Waals surface area (Å²) >= 11 is 0. The van der Waals surface area contributed by atoms with Crippen molar-refractivity contribution >= 4 is 5.82 Å². The minimum atomic E-state index is 0.479. The van der Waals surface area contributed by atoms with Gasteiger partial charge in [-0.3, -0.25) is 4.98 Å². The predicted octanol–water partition coefficient (Wildman–Crippen LogP) is 3.49. The molecular formula is C20H23N5. The molecule has 5 nitrogen and oxygen atoms in total. The molecule has 1 aromatic carbocycles. The summed E-state index contributed by atoms with van der Waals surface area (Å²) in [5.74, 6) is 1.73. The van der Waals surface area contributed by atoms with Gasteiger partial charge >= 0.3 is 0 Å². The Bertz CT molecular complexity index is 856. The molecule has 0 amide bonds. The molecule has 0 saturated carbocycles. The van der Waals surface area contributed by atoms with E-state index in [1.165, 1.54) is 18.4 Å². The summed E-state index contributed by atoms with van der Waals surface area (Å²) in [6.07, 6.45) is 7.10. The molecule has 128 valence electrons. The molecule has 3 heterocycles. The molecule has 0 radical (unpaired) electrons. The van der Waals surface area contributed by atoms with E-state index in [2.05, 4.69) is 51.4 Å². The molecule has 5 heteroatoms. The van der Waals surface area contributed by atoms with Crippen LogP contribution in [0, 0.1) is 13.8 Å². The molecule has 0 spiro atoms. The van der Waals surface area contributed by atoms with Crippen molar-refractivity contribution in [3.63, 3.8) is 0 Å². The molecule has 1 aliphatic heterocycles. The van der Waals surface area contributed by atoms with Crippen LogP contribution >= 0.6 is 0 Å². The fraction of sp³-hybridized carbons (Fsp3) is 0.350. The molecule has 3 aromatic rings. The summed E-state index contributed by atoms with van der Waals surface area (Å²) in [4.78, 5) is 11.7. The first-order valence-electron chi connectivity index (χ1n) is 8.87. The van der Waals surface area contributed by atoms with Crippen molar-refractivity contribution in [3.05, 3.63) is 65.7 Å². The van der Waals surface area contributed by atoms with Gasteiger partial charge in [-0.05, 0) is 44.7 Å². The van der Waals surface area contributed by atoms with Crippen LogP contribution in [0.5, 0.6) is 0 Å². The van der Waals surface area contributed by atoms with E-state index in [-0.39, 0.29) is 0 Å². The van der Waals surface area contributed by atoms with Gasteiger partial charge in [-0.15, -0.1) is 0 Å². The molecule has 1 saturated heterocycles. The second kappa shape index (κ2) is 6.67. The molecule has 2 aromatic heterocycles. The van der Waals surface area contributed by atoms with Crippen LogP contribution in [-0.4, -0.2) is 32.3 Å². The molecule has 1 aliphatic rings. The zero-order chi connectivity index (χ0) is 17.2.